The molecule has 4 rings (SSSR count). The van der Waals surface area contributed by atoms with Gasteiger partial charge >= 0.3 is 0 Å². The van der Waals surface area contributed by atoms with Crippen LogP contribution in [0, 0.1) is 0 Å². The second-order valence-electron chi connectivity index (χ2n) is 5.77. The number of hydrogen-bond donors (Lipinski definition) is 1. The van der Waals surface area contributed by atoms with Crippen LogP contribution in [0.1, 0.15) is 10.5 Å². The highest BCUT2D eigenvalue weighted by atomic mass is 32.1. The summed E-state index contributed by atoms with van der Waals surface area (Å²) in [7, 11) is 3.97. The van der Waals surface area contributed by atoms with Crippen LogP contribution in [0.3, 0.4) is 0 Å². The fraction of sp³-hybridized carbons (Fsp3) is 0.111. The maximum atomic E-state index is 12.6. The number of aromatic nitrogens is 2. The summed E-state index contributed by atoms with van der Waals surface area (Å²) in [4.78, 5) is 21.2. The van der Waals surface area contributed by atoms with Crippen molar-refractivity contribution in [1.82, 2.24) is 9.38 Å². The highest BCUT2D eigenvalue weighted by Gasteiger charge is 2.15. The molecule has 1 aromatic carbocycles. The molecule has 0 saturated carbocycles. The minimum absolute atomic E-state index is 0.140. The van der Waals surface area contributed by atoms with E-state index in [2.05, 4.69) is 10.3 Å². The van der Waals surface area contributed by atoms with Gasteiger partial charge in [-0.3, -0.25) is 9.20 Å². The molecule has 0 radical (unpaired) electrons. The Labute approximate surface area is 153 Å². The Morgan fingerprint density at radius 3 is 2.64 bits per heavy atom. The number of thiophene rings is 1. The summed E-state index contributed by atoms with van der Waals surface area (Å²) < 4.78 is 1.85. The number of hydrogen-bond acceptors (Lipinski definition) is 5. The fourth-order valence-corrected chi connectivity index (χ4v) is 4.06. The van der Waals surface area contributed by atoms with Crippen molar-refractivity contribution in [3.05, 3.63) is 59.0 Å². The molecule has 0 aliphatic rings. The van der Waals surface area contributed by atoms with E-state index in [1.54, 1.807) is 11.3 Å². The smallest absolute Gasteiger partial charge is 0.273 e. The Bertz CT molecular complexity index is 1010. The molecule has 0 bridgehead atoms. The third-order valence-electron chi connectivity index (χ3n) is 3.86. The Morgan fingerprint density at radius 2 is 1.96 bits per heavy atom. The Kier molecular flexibility index (Phi) is 4.03. The molecule has 5 nitrogen and oxygen atoms in total. The second kappa shape index (κ2) is 6.34. The summed E-state index contributed by atoms with van der Waals surface area (Å²) >= 11 is 3.11. The molecule has 7 heteroatoms. The lowest BCUT2D eigenvalue weighted by Crippen LogP contribution is -2.14. The normalized spacial score (nSPS) is 11.0. The van der Waals surface area contributed by atoms with Gasteiger partial charge in [0.1, 0.15) is 11.4 Å². The summed E-state index contributed by atoms with van der Waals surface area (Å²) in [6.45, 7) is 0. The number of rotatable bonds is 4. The maximum Gasteiger partial charge on any atom is 0.273 e. The molecule has 0 spiro atoms. The predicted molar refractivity (Wildman–Crippen MR) is 105 cm³/mol. The van der Waals surface area contributed by atoms with Crippen LogP contribution in [0.15, 0.2) is 53.4 Å². The van der Waals surface area contributed by atoms with E-state index in [-0.39, 0.29) is 5.91 Å². The summed E-state index contributed by atoms with van der Waals surface area (Å²) in [6, 6.07) is 11.8. The Hall–Kier alpha value is -2.64. The van der Waals surface area contributed by atoms with Gasteiger partial charge in [-0.15, -0.1) is 22.7 Å². The number of thiazole rings is 1. The molecule has 0 atom stereocenters. The third-order valence-corrected chi connectivity index (χ3v) is 5.59. The van der Waals surface area contributed by atoms with Crippen molar-refractivity contribution in [2.45, 2.75) is 0 Å². The molecule has 0 fully saturated rings. The minimum Gasteiger partial charge on any atom is -0.378 e. The highest BCUT2D eigenvalue weighted by molar-refractivity contribution is 7.15. The fourth-order valence-electron chi connectivity index (χ4n) is 2.53. The van der Waals surface area contributed by atoms with Crippen LogP contribution < -0.4 is 10.2 Å². The zero-order valence-electron chi connectivity index (χ0n) is 13.8. The van der Waals surface area contributed by atoms with E-state index in [1.807, 2.05) is 76.8 Å². The Balaban J connectivity index is 1.59. The summed E-state index contributed by atoms with van der Waals surface area (Å²) in [6.07, 6.45) is 1.92. The van der Waals surface area contributed by atoms with E-state index in [0.717, 1.165) is 26.9 Å². The molecule has 3 heterocycles. The van der Waals surface area contributed by atoms with Gasteiger partial charge in [0, 0.05) is 37.0 Å². The van der Waals surface area contributed by atoms with Gasteiger partial charge in [0.25, 0.3) is 5.91 Å². The maximum absolute atomic E-state index is 12.6. The van der Waals surface area contributed by atoms with E-state index >= 15 is 0 Å². The molecule has 25 heavy (non-hydrogen) atoms. The van der Waals surface area contributed by atoms with Gasteiger partial charge in [0.2, 0.25) is 0 Å². The molecular formula is C18H16N4OS2. The van der Waals surface area contributed by atoms with Crippen molar-refractivity contribution in [3.8, 4) is 10.6 Å². The van der Waals surface area contributed by atoms with Crippen LogP contribution in [0.2, 0.25) is 0 Å². The largest absolute Gasteiger partial charge is 0.378 e. The SMILES string of the molecule is CN(C)c1ccc(NC(=O)c2csc3nc(-c4cccs4)cn23)cc1. The summed E-state index contributed by atoms with van der Waals surface area (Å²) in [5.74, 6) is -0.140. The average molecular weight is 368 g/mol. The predicted octanol–water partition coefficient (Wildman–Crippen LogP) is 4.44. The van der Waals surface area contributed by atoms with Gasteiger partial charge in [-0.2, -0.15) is 0 Å². The molecule has 0 unspecified atom stereocenters. The first kappa shape index (κ1) is 15.9. The van der Waals surface area contributed by atoms with Crippen LogP contribution in [-0.2, 0) is 0 Å². The molecule has 126 valence electrons. The van der Waals surface area contributed by atoms with Crippen molar-refractivity contribution in [3.63, 3.8) is 0 Å². The van der Waals surface area contributed by atoms with Crippen molar-refractivity contribution in [2.75, 3.05) is 24.3 Å². The van der Waals surface area contributed by atoms with Gasteiger partial charge in [-0.05, 0) is 35.7 Å². The highest BCUT2D eigenvalue weighted by Crippen LogP contribution is 2.27. The van der Waals surface area contributed by atoms with Crippen molar-refractivity contribution >= 4 is 44.9 Å². The lowest BCUT2D eigenvalue weighted by Gasteiger charge is -2.12. The lowest BCUT2D eigenvalue weighted by atomic mass is 10.2. The zero-order valence-corrected chi connectivity index (χ0v) is 15.4. The van der Waals surface area contributed by atoms with Crippen LogP contribution in [0.5, 0.6) is 0 Å². The molecule has 1 amide bonds. The standard InChI is InChI=1S/C18H16N4OS2/c1-21(2)13-7-5-12(6-8-13)19-17(23)15-11-25-18-20-14(10-22(15)18)16-4-3-9-24-16/h3-11H,1-2H3,(H,19,23). The molecule has 0 aliphatic heterocycles. The van der Waals surface area contributed by atoms with Gasteiger partial charge in [0.15, 0.2) is 4.96 Å². The van der Waals surface area contributed by atoms with Crippen LogP contribution in [0.25, 0.3) is 15.5 Å². The molecule has 3 aromatic heterocycles. The van der Waals surface area contributed by atoms with E-state index in [9.17, 15) is 4.79 Å². The number of nitrogens with zero attached hydrogens (tertiary/aromatic N) is 3. The van der Waals surface area contributed by atoms with Gasteiger partial charge in [0.05, 0.1) is 4.88 Å². The molecule has 1 N–H and O–H groups in total. The first-order valence-corrected chi connectivity index (χ1v) is 9.47. The van der Waals surface area contributed by atoms with E-state index in [4.69, 9.17) is 0 Å². The average Bonchev–Trinajstić information content (AvgIpc) is 3.31. The molecule has 0 aliphatic carbocycles. The number of anilines is 2. The number of benzene rings is 1. The zero-order chi connectivity index (χ0) is 17.4. The second-order valence-corrected chi connectivity index (χ2v) is 7.56. The van der Waals surface area contributed by atoms with Crippen molar-refractivity contribution in [1.29, 1.82) is 0 Å². The molecular weight excluding hydrogens is 352 g/mol. The minimum atomic E-state index is -0.140. The lowest BCUT2D eigenvalue weighted by molar-refractivity contribution is 0.102. The summed E-state index contributed by atoms with van der Waals surface area (Å²) in [5, 5.41) is 6.81. The van der Waals surface area contributed by atoms with E-state index in [0.29, 0.717) is 5.69 Å². The number of carbonyl (C=O) groups excluding carboxylic acids is 1. The topological polar surface area (TPSA) is 49.6 Å². The number of carbonyl (C=O) groups is 1. The molecule has 4 aromatic rings. The monoisotopic (exact) mass is 368 g/mol. The van der Waals surface area contributed by atoms with Crippen molar-refractivity contribution < 1.29 is 4.79 Å². The molecule has 0 saturated heterocycles. The first-order valence-electron chi connectivity index (χ1n) is 7.71. The van der Waals surface area contributed by atoms with E-state index < -0.39 is 0 Å². The number of imidazole rings is 1. The van der Waals surface area contributed by atoms with Crippen LogP contribution in [0.4, 0.5) is 11.4 Å². The Morgan fingerprint density at radius 1 is 1.16 bits per heavy atom. The van der Waals surface area contributed by atoms with Gasteiger partial charge in [-0.1, -0.05) is 6.07 Å². The van der Waals surface area contributed by atoms with Gasteiger partial charge < -0.3 is 10.2 Å². The number of fused-ring (bicyclic) bond motifs is 1. The quantitative estimate of drug-likeness (QED) is 0.579. The first-order chi connectivity index (χ1) is 12.1. The van der Waals surface area contributed by atoms with Crippen LogP contribution in [-0.4, -0.2) is 29.4 Å². The third kappa shape index (κ3) is 3.04. The van der Waals surface area contributed by atoms with Crippen molar-refractivity contribution in [2.24, 2.45) is 0 Å². The number of amides is 1. The van der Waals surface area contributed by atoms with Gasteiger partial charge in [-0.25, -0.2) is 4.98 Å². The summed E-state index contributed by atoms with van der Waals surface area (Å²) in [5.41, 5.74) is 3.35. The van der Waals surface area contributed by atoms with Crippen LogP contribution >= 0.6 is 22.7 Å². The van der Waals surface area contributed by atoms with E-state index in [1.165, 1.54) is 11.3 Å². The number of nitrogens with one attached hydrogen (secondary N) is 1.